The first-order valence-corrected chi connectivity index (χ1v) is 12.3. The van der Waals surface area contributed by atoms with Gasteiger partial charge >= 0.3 is 0 Å². The Morgan fingerprint density at radius 1 is 1.15 bits per heavy atom. The van der Waals surface area contributed by atoms with Gasteiger partial charge in [0.05, 0.1) is 6.61 Å². The highest BCUT2D eigenvalue weighted by Gasteiger charge is 2.66. The summed E-state index contributed by atoms with van der Waals surface area (Å²) in [6.07, 6.45) is -4.83. The summed E-state index contributed by atoms with van der Waals surface area (Å²) in [5.74, 6) is -0.997. The summed E-state index contributed by atoms with van der Waals surface area (Å²) in [6.45, 7) is 13.1. The first kappa shape index (κ1) is 23.2. The molecule has 1 aliphatic heterocycles. The molecule has 1 heterocycles. The molecule has 0 unspecified atom stereocenters. The maximum Gasteiger partial charge on any atom is 0.192 e. The van der Waals surface area contributed by atoms with Crippen molar-refractivity contribution in [2.24, 2.45) is 0 Å². The van der Waals surface area contributed by atoms with E-state index in [-0.39, 0.29) is 11.8 Å². The molecule has 2 aliphatic rings. The lowest BCUT2D eigenvalue weighted by Gasteiger charge is -2.52. The molecule has 3 N–H and O–H groups in total. The summed E-state index contributed by atoms with van der Waals surface area (Å²) in [4.78, 5) is 0. The van der Waals surface area contributed by atoms with Crippen LogP contribution in [0.15, 0.2) is 0 Å². The molecule has 0 bridgehead atoms. The molecule has 6 atom stereocenters. The van der Waals surface area contributed by atoms with Gasteiger partial charge in [-0.25, -0.2) is 0 Å². The molecule has 9 heteroatoms. The second-order valence-electron chi connectivity index (χ2n) is 9.50. The predicted molar refractivity (Wildman–Crippen MR) is 101 cm³/mol. The van der Waals surface area contributed by atoms with Crippen molar-refractivity contribution in [3.8, 4) is 0 Å². The molecule has 8 nitrogen and oxygen atoms in total. The topological polar surface area (TPSA) is 107 Å². The Morgan fingerprint density at radius 3 is 2.22 bits per heavy atom. The van der Waals surface area contributed by atoms with Crippen LogP contribution in [0.1, 0.15) is 34.6 Å². The van der Waals surface area contributed by atoms with E-state index in [4.69, 9.17) is 23.4 Å². The predicted octanol–water partition coefficient (Wildman–Crippen LogP) is 0.984. The lowest BCUT2D eigenvalue weighted by molar-refractivity contribution is -0.277. The van der Waals surface area contributed by atoms with Gasteiger partial charge in [-0.05, 0) is 32.0 Å². The maximum atomic E-state index is 11.2. The Kier molecular flexibility index (Phi) is 6.54. The quantitative estimate of drug-likeness (QED) is 0.441. The Balaban J connectivity index is 2.44. The Labute approximate surface area is 162 Å². The maximum absolute atomic E-state index is 11.2. The van der Waals surface area contributed by atoms with Crippen molar-refractivity contribution >= 4 is 8.32 Å². The average molecular weight is 409 g/mol. The lowest BCUT2D eigenvalue weighted by Crippen LogP contribution is -2.73. The molecular weight excluding hydrogens is 372 g/mol. The minimum atomic E-state index is -2.28. The second-order valence-corrected chi connectivity index (χ2v) is 14.3. The first-order chi connectivity index (χ1) is 12.2. The Morgan fingerprint density at radius 2 is 1.74 bits per heavy atom. The summed E-state index contributed by atoms with van der Waals surface area (Å²) in [5.41, 5.74) is -1.86. The monoisotopic (exact) mass is 408 g/mol. The zero-order valence-electron chi connectivity index (χ0n) is 17.7. The normalized spacial score (nSPS) is 39.4. The second kappa shape index (κ2) is 7.62. The summed E-state index contributed by atoms with van der Waals surface area (Å²) >= 11 is 0. The van der Waals surface area contributed by atoms with Crippen LogP contribution in [0.2, 0.25) is 18.1 Å². The fourth-order valence-electron chi connectivity index (χ4n) is 3.46. The van der Waals surface area contributed by atoms with Crippen LogP contribution in [0.4, 0.5) is 0 Å². The van der Waals surface area contributed by atoms with E-state index in [9.17, 15) is 15.3 Å². The van der Waals surface area contributed by atoms with E-state index in [0.717, 1.165) is 0 Å². The minimum absolute atomic E-state index is 0.0925. The largest absolute Gasteiger partial charge is 0.408 e. The SMILES string of the molecule is COCO[C@@H]1[C@@H](O)[C@H](O[Si](C)(C)C(C)(C)C)[C@@H]2OC(C)(C)O[C@@H]2[C@]1(O)CO. The molecule has 1 saturated heterocycles. The number of methoxy groups -OCH3 is 1. The number of aliphatic hydroxyl groups excluding tert-OH is 2. The van der Waals surface area contributed by atoms with Gasteiger partial charge in [0.25, 0.3) is 0 Å². The third-order valence-electron chi connectivity index (χ3n) is 5.94. The molecule has 2 rings (SSSR count). The zero-order valence-corrected chi connectivity index (χ0v) is 18.7. The molecule has 0 amide bonds. The van der Waals surface area contributed by atoms with Crippen LogP contribution in [0, 0.1) is 0 Å². The van der Waals surface area contributed by atoms with Crippen molar-refractivity contribution in [3.63, 3.8) is 0 Å². The highest BCUT2D eigenvalue weighted by molar-refractivity contribution is 6.74. The van der Waals surface area contributed by atoms with Crippen LogP contribution in [-0.4, -0.2) is 86.1 Å². The van der Waals surface area contributed by atoms with Crippen molar-refractivity contribution in [3.05, 3.63) is 0 Å². The summed E-state index contributed by atoms with van der Waals surface area (Å²) in [6, 6.07) is 0. The van der Waals surface area contributed by atoms with Crippen LogP contribution in [-0.2, 0) is 23.4 Å². The highest BCUT2D eigenvalue weighted by Crippen LogP contribution is 2.47. The van der Waals surface area contributed by atoms with Crippen molar-refractivity contribution < 1.29 is 38.7 Å². The molecule has 0 spiro atoms. The van der Waals surface area contributed by atoms with Crippen molar-refractivity contribution in [2.45, 2.75) is 94.7 Å². The van der Waals surface area contributed by atoms with Gasteiger partial charge in [-0.2, -0.15) is 0 Å². The van der Waals surface area contributed by atoms with Gasteiger partial charge in [-0.15, -0.1) is 0 Å². The minimum Gasteiger partial charge on any atom is -0.408 e. The molecule has 0 radical (unpaired) electrons. The third kappa shape index (κ3) is 4.26. The smallest absolute Gasteiger partial charge is 0.192 e. The van der Waals surface area contributed by atoms with Crippen molar-refractivity contribution in [1.82, 2.24) is 0 Å². The standard InChI is InChI=1S/C18H36O8Si/c1-16(2,3)27(7,8)26-12-11(20)14(23-10-22-6)18(21,9-19)15-13(12)24-17(4,5)25-15/h11-15,19-21H,9-10H2,1-8H3/t11-,12-,13-,14+,15-,18-/m0/s1. The van der Waals surface area contributed by atoms with Gasteiger partial charge in [-0.3, -0.25) is 0 Å². The lowest BCUT2D eigenvalue weighted by atomic mass is 9.75. The van der Waals surface area contributed by atoms with Crippen molar-refractivity contribution in [1.29, 1.82) is 0 Å². The van der Waals surface area contributed by atoms with Crippen LogP contribution in [0.25, 0.3) is 0 Å². The Hall–Kier alpha value is -0.103. The van der Waals surface area contributed by atoms with E-state index in [2.05, 4.69) is 33.9 Å². The molecule has 1 saturated carbocycles. The van der Waals surface area contributed by atoms with Gasteiger partial charge in [0.15, 0.2) is 14.1 Å². The van der Waals surface area contributed by atoms with Gasteiger partial charge in [-0.1, -0.05) is 20.8 Å². The molecular formula is C18H36O8Si. The molecule has 0 aromatic heterocycles. The van der Waals surface area contributed by atoms with Crippen LogP contribution in [0.3, 0.4) is 0 Å². The van der Waals surface area contributed by atoms with Gasteiger partial charge < -0.3 is 38.7 Å². The number of hydrogen-bond acceptors (Lipinski definition) is 8. The summed E-state index contributed by atoms with van der Waals surface area (Å²) in [7, 11) is -0.842. The summed E-state index contributed by atoms with van der Waals surface area (Å²) in [5, 5.41) is 32.1. The van der Waals surface area contributed by atoms with E-state index in [1.54, 1.807) is 13.8 Å². The average Bonchev–Trinajstić information content (AvgIpc) is 2.86. The van der Waals surface area contributed by atoms with E-state index < -0.39 is 56.8 Å². The highest BCUT2D eigenvalue weighted by atomic mass is 28.4. The molecule has 0 aromatic carbocycles. The van der Waals surface area contributed by atoms with Gasteiger partial charge in [0.1, 0.15) is 42.9 Å². The number of hydrogen-bond donors (Lipinski definition) is 3. The fraction of sp³-hybridized carbons (Fsp3) is 1.00. The molecule has 2 fully saturated rings. The number of ether oxygens (including phenoxy) is 4. The van der Waals surface area contributed by atoms with E-state index in [0.29, 0.717) is 0 Å². The summed E-state index contributed by atoms with van der Waals surface area (Å²) < 4.78 is 28.9. The van der Waals surface area contributed by atoms with Crippen molar-refractivity contribution in [2.75, 3.05) is 20.5 Å². The molecule has 160 valence electrons. The first-order valence-electron chi connectivity index (χ1n) is 9.35. The van der Waals surface area contributed by atoms with Crippen LogP contribution in [0.5, 0.6) is 0 Å². The molecule has 27 heavy (non-hydrogen) atoms. The van der Waals surface area contributed by atoms with Gasteiger partial charge in [0.2, 0.25) is 0 Å². The molecule has 1 aliphatic carbocycles. The Bertz CT molecular complexity index is 520. The van der Waals surface area contributed by atoms with E-state index in [1.165, 1.54) is 7.11 Å². The van der Waals surface area contributed by atoms with Crippen LogP contribution >= 0.6 is 0 Å². The molecule has 0 aromatic rings. The third-order valence-corrected chi connectivity index (χ3v) is 10.4. The number of fused-ring (bicyclic) bond motifs is 1. The van der Waals surface area contributed by atoms with E-state index >= 15 is 0 Å². The number of aliphatic hydroxyl groups is 3. The fourth-order valence-corrected chi connectivity index (χ4v) is 4.77. The van der Waals surface area contributed by atoms with Gasteiger partial charge in [0, 0.05) is 7.11 Å². The van der Waals surface area contributed by atoms with Crippen LogP contribution < -0.4 is 0 Å². The van der Waals surface area contributed by atoms with E-state index in [1.807, 2.05) is 0 Å². The zero-order chi connectivity index (χ0) is 20.8. The number of rotatable bonds is 6.